The van der Waals surface area contributed by atoms with Gasteiger partial charge in [0.25, 0.3) is 0 Å². The Bertz CT molecular complexity index is 680. The number of nitrogens with one attached hydrogen (secondary N) is 1. The van der Waals surface area contributed by atoms with E-state index >= 15 is 0 Å². The average molecular weight is 313 g/mol. The monoisotopic (exact) mass is 313 g/mol. The number of ether oxygens (including phenoxy) is 2. The molecule has 0 aliphatic heterocycles. The number of hydrogen-bond donors (Lipinski definition) is 1. The fourth-order valence-corrected chi connectivity index (χ4v) is 1.92. The summed E-state index contributed by atoms with van der Waals surface area (Å²) in [5.74, 6) is 0.487. The molecule has 0 aromatic heterocycles. The highest BCUT2D eigenvalue weighted by molar-refractivity contribution is 5.94. The summed E-state index contributed by atoms with van der Waals surface area (Å²) in [6.45, 7) is 4.09. The normalized spacial score (nSPS) is 10.0. The number of hydrogen-bond acceptors (Lipinski definition) is 4. The number of carbonyl (C=O) groups is 2. The number of esters is 1. The van der Waals surface area contributed by atoms with Gasteiger partial charge in [-0.25, -0.2) is 4.79 Å². The Labute approximate surface area is 135 Å². The summed E-state index contributed by atoms with van der Waals surface area (Å²) < 4.78 is 10.8. The minimum Gasteiger partial charge on any atom is -0.494 e. The highest BCUT2D eigenvalue weighted by Gasteiger charge is 2.10. The van der Waals surface area contributed by atoms with Crippen molar-refractivity contribution in [3.8, 4) is 11.5 Å². The van der Waals surface area contributed by atoms with Gasteiger partial charge >= 0.3 is 5.97 Å². The summed E-state index contributed by atoms with van der Waals surface area (Å²) in [6.07, 6.45) is 0.932. The average Bonchev–Trinajstić information content (AvgIpc) is 2.54. The van der Waals surface area contributed by atoms with E-state index in [0.717, 1.165) is 12.2 Å². The first-order chi connectivity index (χ1) is 11.1. The molecule has 2 rings (SSSR count). The summed E-state index contributed by atoms with van der Waals surface area (Å²) in [5, 5.41) is 2.63. The molecule has 1 amide bonds. The molecule has 0 atom stereocenters. The Morgan fingerprint density at radius 3 is 2.39 bits per heavy atom. The maximum atomic E-state index is 12.1. The molecule has 23 heavy (non-hydrogen) atoms. The predicted molar refractivity (Wildman–Crippen MR) is 87.9 cm³/mol. The largest absolute Gasteiger partial charge is 0.494 e. The first-order valence-electron chi connectivity index (χ1n) is 7.41. The summed E-state index contributed by atoms with van der Waals surface area (Å²) in [6, 6.07) is 13.5. The van der Waals surface area contributed by atoms with Crippen molar-refractivity contribution in [2.45, 2.75) is 20.3 Å². The van der Waals surface area contributed by atoms with Crippen LogP contribution >= 0.6 is 0 Å². The molecule has 0 unspecified atom stereocenters. The van der Waals surface area contributed by atoms with Gasteiger partial charge in [-0.15, -0.1) is 0 Å². The first-order valence-corrected chi connectivity index (χ1v) is 7.41. The molecule has 1 N–H and O–H groups in total. The molecular weight excluding hydrogens is 294 g/mol. The van der Waals surface area contributed by atoms with Crippen LogP contribution in [0.3, 0.4) is 0 Å². The van der Waals surface area contributed by atoms with E-state index in [-0.39, 0.29) is 5.91 Å². The second-order valence-corrected chi connectivity index (χ2v) is 4.97. The van der Waals surface area contributed by atoms with Gasteiger partial charge in [-0.1, -0.05) is 13.0 Å². The molecule has 0 spiro atoms. The number of anilines is 1. The van der Waals surface area contributed by atoms with Crippen molar-refractivity contribution in [1.82, 2.24) is 0 Å². The van der Waals surface area contributed by atoms with E-state index in [1.165, 1.54) is 6.92 Å². The molecule has 120 valence electrons. The Hall–Kier alpha value is -2.82. The van der Waals surface area contributed by atoms with Gasteiger partial charge in [0.2, 0.25) is 5.91 Å². The van der Waals surface area contributed by atoms with Crippen LogP contribution < -0.4 is 14.8 Å². The quantitative estimate of drug-likeness (QED) is 0.653. The van der Waals surface area contributed by atoms with Crippen molar-refractivity contribution in [3.05, 3.63) is 54.1 Å². The molecule has 2 aromatic rings. The number of benzene rings is 2. The lowest BCUT2D eigenvalue weighted by atomic mass is 10.2. The molecule has 0 aliphatic rings. The van der Waals surface area contributed by atoms with Crippen LogP contribution in [0.1, 0.15) is 30.6 Å². The summed E-state index contributed by atoms with van der Waals surface area (Å²) in [5.41, 5.74) is 0.915. The van der Waals surface area contributed by atoms with E-state index in [0.29, 0.717) is 23.6 Å². The third-order valence-corrected chi connectivity index (χ3v) is 2.93. The van der Waals surface area contributed by atoms with Gasteiger partial charge in [-0.3, -0.25) is 4.79 Å². The second kappa shape index (κ2) is 7.98. The van der Waals surface area contributed by atoms with Crippen LogP contribution in [0.4, 0.5) is 5.69 Å². The zero-order valence-corrected chi connectivity index (χ0v) is 13.2. The molecule has 0 saturated heterocycles. The van der Waals surface area contributed by atoms with E-state index < -0.39 is 5.97 Å². The minimum absolute atomic E-state index is 0.196. The standard InChI is InChI=1S/C18H19NO4/c1-3-11-22-16-7-9-17(10-8-16)23-18(21)14-5-4-6-15(12-14)19-13(2)20/h4-10,12H,3,11H2,1-2H3,(H,19,20). The third kappa shape index (κ3) is 5.14. The van der Waals surface area contributed by atoms with E-state index in [2.05, 4.69) is 5.32 Å². The smallest absolute Gasteiger partial charge is 0.343 e. The zero-order valence-electron chi connectivity index (χ0n) is 13.2. The van der Waals surface area contributed by atoms with Crippen LogP contribution in [0.2, 0.25) is 0 Å². The van der Waals surface area contributed by atoms with Crippen LogP contribution in [0.15, 0.2) is 48.5 Å². The van der Waals surface area contributed by atoms with E-state index in [1.807, 2.05) is 6.92 Å². The number of carbonyl (C=O) groups excluding carboxylic acids is 2. The summed E-state index contributed by atoms with van der Waals surface area (Å²) >= 11 is 0. The molecule has 2 aromatic carbocycles. The van der Waals surface area contributed by atoms with Crippen LogP contribution in [0.5, 0.6) is 11.5 Å². The minimum atomic E-state index is -0.487. The number of amides is 1. The van der Waals surface area contributed by atoms with Crippen molar-refractivity contribution >= 4 is 17.6 Å². The Morgan fingerprint density at radius 2 is 1.74 bits per heavy atom. The summed E-state index contributed by atoms with van der Waals surface area (Å²) in [4.78, 5) is 23.2. The molecule has 5 nitrogen and oxygen atoms in total. The van der Waals surface area contributed by atoms with Crippen LogP contribution in [0, 0.1) is 0 Å². The molecule has 0 radical (unpaired) electrons. The Kier molecular flexibility index (Phi) is 5.74. The fourth-order valence-electron chi connectivity index (χ4n) is 1.92. The van der Waals surface area contributed by atoms with Gasteiger partial charge in [0.05, 0.1) is 12.2 Å². The number of rotatable bonds is 6. The van der Waals surface area contributed by atoms with Gasteiger partial charge < -0.3 is 14.8 Å². The predicted octanol–water partition coefficient (Wildman–Crippen LogP) is 3.65. The van der Waals surface area contributed by atoms with Crippen molar-refractivity contribution in [1.29, 1.82) is 0 Å². The third-order valence-electron chi connectivity index (χ3n) is 2.93. The molecule has 0 aliphatic carbocycles. The second-order valence-electron chi connectivity index (χ2n) is 4.97. The van der Waals surface area contributed by atoms with Crippen molar-refractivity contribution in [3.63, 3.8) is 0 Å². The SMILES string of the molecule is CCCOc1ccc(OC(=O)c2cccc(NC(C)=O)c2)cc1. The van der Waals surface area contributed by atoms with E-state index in [1.54, 1.807) is 48.5 Å². The lowest BCUT2D eigenvalue weighted by molar-refractivity contribution is -0.114. The van der Waals surface area contributed by atoms with E-state index in [9.17, 15) is 9.59 Å². The molecule has 0 heterocycles. The lowest BCUT2D eigenvalue weighted by Crippen LogP contribution is -2.10. The maximum absolute atomic E-state index is 12.1. The zero-order chi connectivity index (χ0) is 16.7. The molecule has 0 bridgehead atoms. The molecule has 5 heteroatoms. The van der Waals surface area contributed by atoms with Gasteiger partial charge in [0, 0.05) is 12.6 Å². The van der Waals surface area contributed by atoms with Gasteiger partial charge in [-0.2, -0.15) is 0 Å². The van der Waals surface area contributed by atoms with Crippen LogP contribution in [-0.2, 0) is 4.79 Å². The highest BCUT2D eigenvalue weighted by Crippen LogP contribution is 2.19. The van der Waals surface area contributed by atoms with Crippen LogP contribution in [0.25, 0.3) is 0 Å². The topological polar surface area (TPSA) is 64.6 Å². The van der Waals surface area contributed by atoms with Crippen molar-refractivity contribution in [2.75, 3.05) is 11.9 Å². The van der Waals surface area contributed by atoms with Crippen molar-refractivity contribution < 1.29 is 19.1 Å². The first kappa shape index (κ1) is 16.5. The fraction of sp³-hybridized carbons (Fsp3) is 0.222. The highest BCUT2D eigenvalue weighted by atomic mass is 16.5. The van der Waals surface area contributed by atoms with Gasteiger partial charge in [0.15, 0.2) is 0 Å². The Balaban J connectivity index is 2.02. The van der Waals surface area contributed by atoms with E-state index in [4.69, 9.17) is 9.47 Å². The van der Waals surface area contributed by atoms with Gasteiger partial charge in [-0.05, 0) is 48.9 Å². The van der Waals surface area contributed by atoms with Crippen molar-refractivity contribution in [2.24, 2.45) is 0 Å². The van der Waals surface area contributed by atoms with Gasteiger partial charge in [0.1, 0.15) is 11.5 Å². The molecular formula is C18H19NO4. The van der Waals surface area contributed by atoms with Crippen LogP contribution in [-0.4, -0.2) is 18.5 Å². The maximum Gasteiger partial charge on any atom is 0.343 e. The molecule has 0 fully saturated rings. The lowest BCUT2D eigenvalue weighted by Gasteiger charge is -2.08. The molecule has 0 saturated carbocycles. The Morgan fingerprint density at radius 1 is 1.04 bits per heavy atom. The summed E-state index contributed by atoms with van der Waals surface area (Å²) in [7, 11) is 0.